The summed E-state index contributed by atoms with van der Waals surface area (Å²) in [5.74, 6) is -1.62. The second-order valence-electron chi connectivity index (χ2n) is 12.4. The van der Waals surface area contributed by atoms with Crippen LogP contribution in [0.3, 0.4) is 0 Å². The van der Waals surface area contributed by atoms with Gasteiger partial charge in [-0.25, -0.2) is 4.39 Å². The smallest absolute Gasteiger partial charge is 0.270 e. The van der Waals surface area contributed by atoms with Gasteiger partial charge in [0.05, 0.1) is 11.6 Å². The van der Waals surface area contributed by atoms with Gasteiger partial charge in [-0.3, -0.25) is 23.9 Å². The van der Waals surface area contributed by atoms with Gasteiger partial charge in [0.1, 0.15) is 17.6 Å². The molecule has 5 rings (SSSR count). The highest BCUT2D eigenvalue weighted by Crippen LogP contribution is 2.51. The first-order valence-corrected chi connectivity index (χ1v) is 15.0. The lowest BCUT2D eigenvalue weighted by Crippen LogP contribution is -2.50. The predicted octanol–water partition coefficient (Wildman–Crippen LogP) is 3.62. The molecule has 4 amide bonds. The number of carbonyl (C=O) groups is 4. The molecule has 3 atom stereocenters. The van der Waals surface area contributed by atoms with Crippen molar-refractivity contribution in [1.82, 2.24) is 25.3 Å². The normalized spacial score (nSPS) is 20.0. The van der Waals surface area contributed by atoms with Gasteiger partial charge in [-0.2, -0.15) is 5.10 Å². The summed E-state index contributed by atoms with van der Waals surface area (Å²) in [7, 11) is 0. The Labute approximate surface area is 245 Å². The molecule has 1 unspecified atom stereocenters. The Morgan fingerprint density at radius 3 is 2.29 bits per heavy atom. The molecule has 1 aromatic heterocycles. The van der Waals surface area contributed by atoms with E-state index in [2.05, 4.69) is 21.0 Å². The lowest BCUT2D eigenvalue weighted by atomic mass is 9.88. The van der Waals surface area contributed by atoms with Gasteiger partial charge in [-0.1, -0.05) is 6.07 Å². The number of halogens is 1. The predicted molar refractivity (Wildman–Crippen MR) is 155 cm³/mol. The van der Waals surface area contributed by atoms with E-state index in [-0.39, 0.29) is 41.4 Å². The minimum atomic E-state index is -0.806. The fraction of sp³-hybridized carbons (Fsp3) is 0.581. The number of amides is 4. The Bertz CT molecular complexity index is 1340. The van der Waals surface area contributed by atoms with Gasteiger partial charge in [0.2, 0.25) is 17.7 Å². The van der Waals surface area contributed by atoms with E-state index in [1.54, 1.807) is 34.8 Å². The maximum Gasteiger partial charge on any atom is 0.270 e. The third kappa shape index (κ3) is 6.65. The summed E-state index contributed by atoms with van der Waals surface area (Å²) < 4.78 is 17.0. The van der Waals surface area contributed by atoms with Gasteiger partial charge in [-0.15, -0.1) is 0 Å². The summed E-state index contributed by atoms with van der Waals surface area (Å²) in [6.07, 6.45) is 6.31. The quantitative estimate of drug-likeness (QED) is 0.375. The van der Waals surface area contributed by atoms with Crippen LogP contribution in [0.4, 0.5) is 10.1 Å². The third-order valence-corrected chi connectivity index (χ3v) is 8.71. The van der Waals surface area contributed by atoms with E-state index in [0.717, 1.165) is 25.7 Å². The van der Waals surface area contributed by atoms with Gasteiger partial charge in [0, 0.05) is 38.3 Å². The maximum absolute atomic E-state index is 15.4. The van der Waals surface area contributed by atoms with Crippen LogP contribution < -0.4 is 16.0 Å². The summed E-state index contributed by atoms with van der Waals surface area (Å²) in [6.45, 7) is 7.99. The second kappa shape index (κ2) is 12.2. The van der Waals surface area contributed by atoms with Crippen LogP contribution in [0.15, 0.2) is 30.5 Å². The summed E-state index contributed by atoms with van der Waals surface area (Å²) in [5, 5.41) is 12.8. The van der Waals surface area contributed by atoms with Crippen LogP contribution in [0.1, 0.15) is 87.8 Å². The van der Waals surface area contributed by atoms with E-state index in [4.69, 9.17) is 0 Å². The number of benzene rings is 1. The highest BCUT2D eigenvalue weighted by Gasteiger charge is 2.48. The molecule has 0 radical (unpaired) electrons. The van der Waals surface area contributed by atoms with Crippen molar-refractivity contribution in [2.45, 2.75) is 83.8 Å². The van der Waals surface area contributed by atoms with E-state index in [9.17, 15) is 19.2 Å². The molecule has 42 heavy (non-hydrogen) atoms. The van der Waals surface area contributed by atoms with Crippen LogP contribution in [-0.2, 0) is 14.4 Å². The highest BCUT2D eigenvalue weighted by atomic mass is 19.1. The number of likely N-dealkylation sites (tertiary alicyclic amines) is 1. The SMILES string of the molecule is CC(=O)NC1CCN(C(=O)[C@@H](C)c2ccc(NC(=O)[C@@H](NC(=O)c3ccnn3C(C)C)C(C3CC3)C3CC3)c(F)c2)C1. The van der Waals surface area contributed by atoms with Crippen LogP contribution in [0.25, 0.3) is 0 Å². The minimum absolute atomic E-state index is 0.00658. The number of nitrogens with one attached hydrogen (secondary N) is 3. The van der Waals surface area contributed by atoms with E-state index >= 15 is 4.39 Å². The fourth-order valence-corrected chi connectivity index (χ4v) is 6.24. The van der Waals surface area contributed by atoms with E-state index in [1.807, 2.05) is 13.8 Å². The van der Waals surface area contributed by atoms with E-state index in [1.165, 1.54) is 19.1 Å². The number of hydrogen-bond donors (Lipinski definition) is 3. The Morgan fingerprint density at radius 2 is 1.69 bits per heavy atom. The zero-order valence-electron chi connectivity index (χ0n) is 24.7. The summed E-state index contributed by atoms with van der Waals surface area (Å²) in [6, 6.07) is 5.14. The van der Waals surface area contributed by atoms with Crippen molar-refractivity contribution < 1.29 is 23.6 Å². The van der Waals surface area contributed by atoms with E-state index < -0.39 is 23.7 Å². The summed E-state index contributed by atoms with van der Waals surface area (Å²) in [5.41, 5.74) is 0.884. The molecule has 3 aliphatic rings. The molecule has 2 saturated carbocycles. The molecule has 2 aromatic rings. The van der Waals surface area contributed by atoms with Crippen molar-refractivity contribution >= 4 is 29.3 Å². The molecule has 2 aliphatic carbocycles. The van der Waals surface area contributed by atoms with Crippen molar-refractivity contribution in [3.8, 4) is 0 Å². The molecule has 3 fully saturated rings. The van der Waals surface area contributed by atoms with Gasteiger partial charge >= 0.3 is 0 Å². The lowest BCUT2D eigenvalue weighted by molar-refractivity contribution is -0.131. The molecule has 226 valence electrons. The molecule has 11 heteroatoms. The molecule has 1 saturated heterocycles. The molecule has 1 aromatic carbocycles. The van der Waals surface area contributed by atoms with Crippen molar-refractivity contribution in [1.29, 1.82) is 0 Å². The average molecular weight is 581 g/mol. The maximum atomic E-state index is 15.4. The van der Waals surface area contributed by atoms with Gasteiger partial charge < -0.3 is 20.9 Å². The molecular formula is C31H41FN6O4. The minimum Gasteiger partial charge on any atom is -0.352 e. The molecule has 1 aliphatic heterocycles. The van der Waals surface area contributed by atoms with Gasteiger partial charge in [-0.05, 0) is 94.4 Å². The Kier molecular flexibility index (Phi) is 8.65. The number of nitrogens with zero attached hydrogens (tertiary/aromatic N) is 3. The zero-order valence-corrected chi connectivity index (χ0v) is 24.7. The lowest BCUT2D eigenvalue weighted by Gasteiger charge is -2.28. The Morgan fingerprint density at radius 1 is 1.00 bits per heavy atom. The molecule has 10 nitrogen and oxygen atoms in total. The average Bonchev–Trinajstić information content (AvgIpc) is 3.86. The number of anilines is 1. The van der Waals surface area contributed by atoms with Crippen LogP contribution in [0.5, 0.6) is 0 Å². The van der Waals surface area contributed by atoms with Crippen molar-refractivity contribution in [3.63, 3.8) is 0 Å². The molecular weight excluding hydrogens is 539 g/mol. The van der Waals surface area contributed by atoms with Crippen molar-refractivity contribution in [3.05, 3.63) is 47.5 Å². The largest absolute Gasteiger partial charge is 0.352 e. The van der Waals surface area contributed by atoms with Crippen molar-refractivity contribution in [2.75, 3.05) is 18.4 Å². The number of hydrogen-bond acceptors (Lipinski definition) is 5. The number of rotatable bonds is 11. The molecule has 0 spiro atoms. The first-order chi connectivity index (χ1) is 20.0. The van der Waals surface area contributed by atoms with Crippen LogP contribution in [0.2, 0.25) is 0 Å². The second-order valence-corrected chi connectivity index (χ2v) is 12.4. The Balaban J connectivity index is 1.29. The summed E-state index contributed by atoms with van der Waals surface area (Å²) in [4.78, 5) is 53.2. The molecule has 3 N–H and O–H groups in total. The van der Waals surface area contributed by atoms with Crippen LogP contribution in [-0.4, -0.2) is 63.5 Å². The number of carbonyl (C=O) groups excluding carboxylic acids is 4. The van der Waals surface area contributed by atoms with Crippen LogP contribution >= 0.6 is 0 Å². The highest BCUT2D eigenvalue weighted by molar-refractivity contribution is 6.01. The molecule has 2 heterocycles. The fourth-order valence-electron chi connectivity index (χ4n) is 6.24. The standard InChI is InChI=1S/C31H41FN6O4/c1-17(2)38-26(11-13-33-38)29(40)36-28(27(20-5-6-20)21-7-8-21)30(41)35-25-10-9-22(15-24(25)32)18(3)31(42)37-14-12-23(16-37)34-19(4)39/h9-11,13,15,17-18,20-21,23,27-28H,5-8,12,14,16H2,1-4H3,(H,34,39)(H,35,41)(H,36,40)/t18-,23?,28-/m0/s1. The van der Waals surface area contributed by atoms with Crippen molar-refractivity contribution in [2.24, 2.45) is 17.8 Å². The third-order valence-electron chi connectivity index (χ3n) is 8.71. The first kappa shape index (κ1) is 29.7. The Hall–Kier alpha value is -3.76. The van der Waals surface area contributed by atoms with Gasteiger partial charge in [0.25, 0.3) is 5.91 Å². The summed E-state index contributed by atoms with van der Waals surface area (Å²) >= 11 is 0. The first-order valence-electron chi connectivity index (χ1n) is 15.0. The number of aromatic nitrogens is 2. The van der Waals surface area contributed by atoms with E-state index in [0.29, 0.717) is 42.6 Å². The van der Waals surface area contributed by atoms with Gasteiger partial charge in [0.15, 0.2) is 0 Å². The topological polar surface area (TPSA) is 125 Å². The zero-order chi connectivity index (χ0) is 30.1. The monoisotopic (exact) mass is 580 g/mol. The molecule has 0 bridgehead atoms. The van der Waals surface area contributed by atoms with Crippen LogP contribution in [0, 0.1) is 23.6 Å².